The fourth-order valence-corrected chi connectivity index (χ4v) is 4.31. The largest absolute Gasteiger partial charge is 0.463 e. The van der Waals surface area contributed by atoms with Gasteiger partial charge in [0.25, 0.3) is 0 Å². The topological polar surface area (TPSA) is 46.5 Å². The van der Waals surface area contributed by atoms with Crippen LogP contribution >= 0.6 is 0 Å². The van der Waals surface area contributed by atoms with E-state index in [1.165, 1.54) is 19.3 Å². The van der Waals surface area contributed by atoms with Crippen molar-refractivity contribution in [2.24, 2.45) is 29.1 Å². The van der Waals surface area contributed by atoms with Gasteiger partial charge in [-0.15, -0.1) is 0 Å². The van der Waals surface area contributed by atoms with Crippen molar-refractivity contribution in [3.05, 3.63) is 24.3 Å². The molecule has 3 heteroatoms. The molecule has 0 spiro atoms. The standard InChI is InChI=1S/C10H14O3.C8H12/c11-3-4-13-10(12)9-6-7-1-2-8(9)5-7;1-8-4-2-7(6-8)3-5-8/h1-2,7-9,11H,3-6H2;2,4,7H,3,5-6H2,1H3. The maximum Gasteiger partial charge on any atom is 0.309 e. The van der Waals surface area contributed by atoms with Crippen LogP contribution in [0.3, 0.4) is 0 Å². The SMILES string of the molecule is CC12C=CC(CC1)C2.O=C(OCCO)C1CC2C=CC1C2. The quantitative estimate of drug-likeness (QED) is 0.642. The van der Waals surface area contributed by atoms with E-state index in [4.69, 9.17) is 9.84 Å². The van der Waals surface area contributed by atoms with Crippen LogP contribution in [0.1, 0.15) is 39.0 Å². The van der Waals surface area contributed by atoms with Gasteiger partial charge in [-0.05, 0) is 55.3 Å². The zero-order chi connectivity index (χ0) is 14.9. The molecule has 0 radical (unpaired) electrons. The van der Waals surface area contributed by atoms with Gasteiger partial charge in [-0.3, -0.25) is 4.79 Å². The van der Waals surface area contributed by atoms with Gasteiger partial charge in [-0.25, -0.2) is 0 Å². The molecule has 21 heavy (non-hydrogen) atoms. The number of esters is 1. The molecular weight excluding hydrogens is 264 g/mol. The molecule has 0 aliphatic heterocycles. The van der Waals surface area contributed by atoms with Gasteiger partial charge < -0.3 is 9.84 Å². The number of carbonyl (C=O) groups is 1. The molecule has 116 valence electrons. The smallest absolute Gasteiger partial charge is 0.309 e. The van der Waals surface area contributed by atoms with E-state index < -0.39 is 0 Å². The van der Waals surface area contributed by atoms with Crippen LogP contribution in [-0.2, 0) is 9.53 Å². The van der Waals surface area contributed by atoms with Crippen LogP contribution in [0.25, 0.3) is 0 Å². The highest BCUT2D eigenvalue weighted by Gasteiger charge is 2.40. The Bertz CT molecular complexity index is 453. The minimum atomic E-state index is -0.133. The highest BCUT2D eigenvalue weighted by molar-refractivity contribution is 5.74. The van der Waals surface area contributed by atoms with E-state index in [2.05, 4.69) is 31.2 Å². The summed E-state index contributed by atoms with van der Waals surface area (Å²) in [6.07, 6.45) is 15.5. The summed E-state index contributed by atoms with van der Waals surface area (Å²) in [5.74, 6) is 1.88. The van der Waals surface area contributed by atoms with Gasteiger partial charge in [0.2, 0.25) is 0 Å². The number of hydrogen-bond acceptors (Lipinski definition) is 3. The third kappa shape index (κ3) is 3.23. The van der Waals surface area contributed by atoms with Crippen LogP contribution < -0.4 is 0 Å². The Morgan fingerprint density at radius 1 is 1.29 bits per heavy atom. The summed E-state index contributed by atoms with van der Waals surface area (Å²) in [7, 11) is 0. The normalized spacial score (nSPS) is 41.2. The van der Waals surface area contributed by atoms with Crippen LogP contribution in [0.5, 0.6) is 0 Å². The lowest BCUT2D eigenvalue weighted by atomic mass is 9.91. The maximum atomic E-state index is 11.4. The number of carbonyl (C=O) groups excluding carboxylic acids is 1. The highest BCUT2D eigenvalue weighted by atomic mass is 16.5. The third-order valence-corrected chi connectivity index (χ3v) is 5.50. The molecule has 4 bridgehead atoms. The summed E-state index contributed by atoms with van der Waals surface area (Å²) in [4.78, 5) is 11.4. The first-order valence-electron chi connectivity index (χ1n) is 8.25. The summed E-state index contributed by atoms with van der Waals surface area (Å²) in [5, 5.41) is 8.50. The molecule has 0 aromatic heterocycles. The molecule has 4 aliphatic carbocycles. The summed E-state index contributed by atoms with van der Waals surface area (Å²) < 4.78 is 4.90. The molecule has 2 fully saturated rings. The molecule has 5 unspecified atom stereocenters. The second-order valence-electron chi connectivity index (χ2n) is 7.29. The van der Waals surface area contributed by atoms with Crippen LogP contribution in [-0.4, -0.2) is 24.3 Å². The number of aliphatic hydroxyl groups is 1. The lowest BCUT2D eigenvalue weighted by molar-refractivity contribution is -0.150. The van der Waals surface area contributed by atoms with Crippen LogP contribution in [0.4, 0.5) is 0 Å². The Labute approximate surface area is 127 Å². The second-order valence-corrected chi connectivity index (χ2v) is 7.29. The Hall–Kier alpha value is -1.09. The second kappa shape index (κ2) is 5.96. The van der Waals surface area contributed by atoms with Gasteiger partial charge in [0.1, 0.15) is 6.61 Å². The molecular formula is C18H26O3. The van der Waals surface area contributed by atoms with E-state index in [0.29, 0.717) is 17.3 Å². The lowest BCUT2D eigenvalue weighted by Gasteiger charge is -2.15. The molecule has 0 aromatic rings. The molecule has 4 rings (SSSR count). The van der Waals surface area contributed by atoms with Gasteiger partial charge in [0, 0.05) is 0 Å². The van der Waals surface area contributed by atoms with Crippen LogP contribution in [0.15, 0.2) is 24.3 Å². The number of allylic oxidation sites excluding steroid dienone is 4. The van der Waals surface area contributed by atoms with Gasteiger partial charge in [0.05, 0.1) is 12.5 Å². The molecule has 0 aromatic carbocycles. The number of hydrogen-bond donors (Lipinski definition) is 1. The number of aliphatic hydroxyl groups excluding tert-OH is 1. The average molecular weight is 290 g/mol. The van der Waals surface area contributed by atoms with Gasteiger partial charge in [-0.2, -0.15) is 0 Å². The van der Waals surface area contributed by atoms with Crippen molar-refractivity contribution in [1.82, 2.24) is 0 Å². The van der Waals surface area contributed by atoms with Crippen molar-refractivity contribution in [2.75, 3.05) is 13.2 Å². The lowest BCUT2D eigenvalue weighted by Crippen LogP contribution is -2.22. The molecule has 5 atom stereocenters. The van der Waals surface area contributed by atoms with Gasteiger partial charge in [0.15, 0.2) is 0 Å². The zero-order valence-electron chi connectivity index (χ0n) is 12.8. The first-order valence-corrected chi connectivity index (χ1v) is 8.25. The Morgan fingerprint density at radius 3 is 2.52 bits per heavy atom. The van der Waals surface area contributed by atoms with E-state index in [1.54, 1.807) is 0 Å². The van der Waals surface area contributed by atoms with Gasteiger partial charge in [-0.1, -0.05) is 31.2 Å². The number of ether oxygens (including phenoxy) is 1. The van der Waals surface area contributed by atoms with E-state index in [9.17, 15) is 4.79 Å². The monoisotopic (exact) mass is 290 g/mol. The molecule has 2 saturated carbocycles. The molecule has 3 nitrogen and oxygen atoms in total. The van der Waals surface area contributed by atoms with Gasteiger partial charge >= 0.3 is 5.97 Å². The fraction of sp³-hybridized carbons (Fsp3) is 0.722. The summed E-state index contributed by atoms with van der Waals surface area (Å²) in [6.45, 7) is 2.43. The fourth-order valence-electron chi connectivity index (χ4n) is 4.31. The zero-order valence-corrected chi connectivity index (χ0v) is 12.8. The van der Waals surface area contributed by atoms with Crippen molar-refractivity contribution in [1.29, 1.82) is 0 Å². The minimum absolute atomic E-state index is 0.0570. The maximum absolute atomic E-state index is 11.4. The molecule has 0 saturated heterocycles. The molecule has 1 N–H and O–H groups in total. The van der Waals surface area contributed by atoms with Crippen molar-refractivity contribution in [3.63, 3.8) is 0 Å². The van der Waals surface area contributed by atoms with Crippen molar-refractivity contribution < 1.29 is 14.6 Å². The first kappa shape index (κ1) is 14.8. The van der Waals surface area contributed by atoms with Crippen molar-refractivity contribution in [2.45, 2.75) is 39.0 Å². The summed E-state index contributed by atoms with van der Waals surface area (Å²) in [6, 6.07) is 0. The van der Waals surface area contributed by atoms with Crippen molar-refractivity contribution in [3.8, 4) is 0 Å². The highest BCUT2D eigenvalue weighted by Crippen LogP contribution is 2.48. The van der Waals surface area contributed by atoms with Crippen LogP contribution in [0, 0.1) is 29.1 Å². The molecule has 0 heterocycles. The van der Waals surface area contributed by atoms with E-state index in [0.717, 1.165) is 18.8 Å². The third-order valence-electron chi connectivity index (χ3n) is 5.50. The van der Waals surface area contributed by atoms with E-state index >= 15 is 0 Å². The first-order chi connectivity index (χ1) is 10.1. The molecule has 0 amide bonds. The predicted octanol–water partition coefficient (Wildman–Crippen LogP) is 3.10. The Balaban J connectivity index is 0.000000140. The number of fused-ring (bicyclic) bond motifs is 4. The molecule has 4 aliphatic rings. The number of rotatable bonds is 3. The minimum Gasteiger partial charge on any atom is -0.463 e. The van der Waals surface area contributed by atoms with E-state index in [-0.39, 0.29) is 25.1 Å². The Morgan fingerprint density at radius 2 is 2.14 bits per heavy atom. The van der Waals surface area contributed by atoms with E-state index in [1.807, 2.05) is 0 Å². The average Bonchev–Trinajstić information content (AvgIpc) is 3.24. The van der Waals surface area contributed by atoms with Crippen LogP contribution in [0.2, 0.25) is 0 Å². The van der Waals surface area contributed by atoms with Crippen molar-refractivity contribution >= 4 is 5.97 Å². The Kier molecular flexibility index (Phi) is 4.21. The summed E-state index contributed by atoms with van der Waals surface area (Å²) in [5.41, 5.74) is 0.630. The summed E-state index contributed by atoms with van der Waals surface area (Å²) >= 11 is 0. The predicted molar refractivity (Wildman–Crippen MR) is 81.5 cm³/mol.